The second kappa shape index (κ2) is 10.0. The smallest absolute Gasteiger partial charge is 0.262 e. The highest BCUT2D eigenvalue weighted by Gasteiger charge is 2.15. The van der Waals surface area contributed by atoms with Gasteiger partial charge in [-0.15, -0.1) is 11.3 Å². The maximum Gasteiger partial charge on any atom is 0.262 e. The molecule has 0 radical (unpaired) electrons. The molecule has 2 heterocycles. The average Bonchev–Trinajstić information content (AvgIpc) is 3.26. The maximum atomic E-state index is 13.2. The molecule has 2 aromatic heterocycles. The van der Waals surface area contributed by atoms with Crippen molar-refractivity contribution in [3.8, 4) is 11.1 Å². The largest absolute Gasteiger partial charge is 0.352 e. The van der Waals surface area contributed by atoms with E-state index < -0.39 is 0 Å². The minimum atomic E-state index is -0.243. The van der Waals surface area contributed by atoms with Gasteiger partial charge in [0.1, 0.15) is 4.83 Å². The van der Waals surface area contributed by atoms with Gasteiger partial charge < -0.3 is 10.6 Å². The number of rotatable bonds is 7. The number of hydrogen-bond donors (Lipinski definition) is 2. The van der Waals surface area contributed by atoms with Gasteiger partial charge in [0, 0.05) is 41.7 Å². The molecule has 2 amide bonds. The molecule has 0 atom stereocenters. The third-order valence-corrected chi connectivity index (χ3v) is 6.50. The summed E-state index contributed by atoms with van der Waals surface area (Å²) in [5.74, 6) is -0.434. The lowest BCUT2D eigenvalue weighted by molar-refractivity contribution is -0.116. The topological polar surface area (TPSA) is 93.1 Å². The molecule has 0 aliphatic rings. The summed E-state index contributed by atoms with van der Waals surface area (Å²) in [5.41, 5.74) is 4.72. The number of hydrogen-bond acceptors (Lipinski definition) is 5. The first kappa shape index (κ1) is 23.4. The number of carbonyl (C=O) groups is 2. The summed E-state index contributed by atoms with van der Waals surface area (Å²) < 4.78 is 1.48. The fourth-order valence-corrected chi connectivity index (χ4v) is 4.57. The lowest BCUT2D eigenvalue weighted by atomic mass is 10.1. The first-order chi connectivity index (χ1) is 16.4. The number of nitrogens with zero attached hydrogens (tertiary/aromatic N) is 2. The molecule has 0 saturated heterocycles. The molecule has 0 bridgehead atoms. The summed E-state index contributed by atoms with van der Waals surface area (Å²) in [7, 11) is 0. The molecule has 34 heavy (non-hydrogen) atoms. The van der Waals surface area contributed by atoms with E-state index in [4.69, 9.17) is 0 Å². The van der Waals surface area contributed by atoms with Gasteiger partial charge in [0.05, 0.1) is 11.7 Å². The van der Waals surface area contributed by atoms with Gasteiger partial charge in [0.2, 0.25) is 5.91 Å². The molecule has 0 saturated carbocycles. The van der Waals surface area contributed by atoms with Crippen molar-refractivity contribution in [3.63, 3.8) is 0 Å². The quantitative estimate of drug-likeness (QED) is 0.412. The zero-order chi connectivity index (χ0) is 24.2. The molecule has 0 aliphatic heterocycles. The third kappa shape index (κ3) is 4.92. The Morgan fingerprint density at radius 1 is 1.09 bits per heavy atom. The number of benzene rings is 2. The van der Waals surface area contributed by atoms with Crippen LogP contribution in [0.5, 0.6) is 0 Å². The van der Waals surface area contributed by atoms with Crippen molar-refractivity contribution < 1.29 is 9.59 Å². The van der Waals surface area contributed by atoms with Crippen LogP contribution >= 0.6 is 11.3 Å². The predicted molar refractivity (Wildman–Crippen MR) is 136 cm³/mol. The highest BCUT2D eigenvalue weighted by Crippen LogP contribution is 2.30. The average molecular weight is 475 g/mol. The number of fused-ring (bicyclic) bond motifs is 1. The van der Waals surface area contributed by atoms with Gasteiger partial charge in [0.15, 0.2) is 0 Å². The molecule has 4 rings (SSSR count). The number of carbonyl (C=O) groups excluding carboxylic acids is 2. The van der Waals surface area contributed by atoms with Gasteiger partial charge in [-0.1, -0.05) is 35.9 Å². The number of aromatic nitrogens is 2. The minimum absolute atomic E-state index is 0.0991. The van der Waals surface area contributed by atoms with E-state index in [-0.39, 0.29) is 30.3 Å². The van der Waals surface area contributed by atoms with Crippen molar-refractivity contribution in [3.05, 3.63) is 81.2 Å². The Morgan fingerprint density at radius 3 is 2.59 bits per heavy atom. The van der Waals surface area contributed by atoms with E-state index >= 15 is 0 Å². The van der Waals surface area contributed by atoms with E-state index in [1.165, 1.54) is 22.2 Å². The van der Waals surface area contributed by atoms with Crippen LogP contribution in [0.4, 0.5) is 5.69 Å². The number of nitrogens with one attached hydrogen (secondary N) is 2. The summed E-state index contributed by atoms with van der Waals surface area (Å²) in [6.07, 6.45) is 1.59. The second-order valence-corrected chi connectivity index (χ2v) is 8.98. The Balaban J connectivity index is 1.51. The Kier molecular flexibility index (Phi) is 6.88. The number of amides is 2. The van der Waals surface area contributed by atoms with Crippen molar-refractivity contribution in [2.75, 3.05) is 11.9 Å². The molecular formula is C26H26N4O3S. The summed E-state index contributed by atoms with van der Waals surface area (Å²) >= 11 is 1.43. The van der Waals surface area contributed by atoms with Crippen LogP contribution in [-0.2, 0) is 11.3 Å². The van der Waals surface area contributed by atoms with E-state index in [1.54, 1.807) is 18.2 Å². The molecule has 0 fully saturated rings. The van der Waals surface area contributed by atoms with Crippen LogP contribution in [0.3, 0.4) is 0 Å². The standard InChI is InChI=1S/C26H26N4O3S/c1-4-27-24(32)19-10-7-17(3)21(13-19)29-22(31)11-12-30-15-28-25-23(26(30)33)20(14-34-25)18-8-5-16(2)6-9-18/h5-10,13-15H,4,11-12H2,1-3H3,(H,27,32)(H,29,31). The monoisotopic (exact) mass is 474 g/mol. The second-order valence-electron chi connectivity index (χ2n) is 8.13. The molecule has 2 aromatic carbocycles. The highest BCUT2D eigenvalue weighted by atomic mass is 32.1. The number of anilines is 1. The van der Waals surface area contributed by atoms with Gasteiger partial charge >= 0.3 is 0 Å². The van der Waals surface area contributed by atoms with Crippen molar-refractivity contribution in [1.82, 2.24) is 14.9 Å². The van der Waals surface area contributed by atoms with E-state index in [1.807, 2.05) is 50.4 Å². The maximum absolute atomic E-state index is 13.2. The summed E-state index contributed by atoms with van der Waals surface area (Å²) in [6, 6.07) is 13.2. The Bertz CT molecular complexity index is 1420. The van der Waals surface area contributed by atoms with Crippen molar-refractivity contribution >= 4 is 39.1 Å². The van der Waals surface area contributed by atoms with E-state index in [2.05, 4.69) is 15.6 Å². The summed E-state index contributed by atoms with van der Waals surface area (Å²) in [4.78, 5) is 43.1. The summed E-state index contributed by atoms with van der Waals surface area (Å²) in [5, 5.41) is 8.13. The lowest BCUT2D eigenvalue weighted by Crippen LogP contribution is -2.24. The van der Waals surface area contributed by atoms with Gasteiger partial charge in [-0.25, -0.2) is 4.98 Å². The van der Waals surface area contributed by atoms with Crippen LogP contribution in [-0.4, -0.2) is 27.9 Å². The van der Waals surface area contributed by atoms with Crippen LogP contribution in [0.1, 0.15) is 34.8 Å². The zero-order valence-electron chi connectivity index (χ0n) is 19.3. The first-order valence-electron chi connectivity index (χ1n) is 11.1. The van der Waals surface area contributed by atoms with Crippen LogP contribution in [0.2, 0.25) is 0 Å². The fraction of sp³-hybridized carbons (Fsp3) is 0.231. The molecule has 174 valence electrons. The Hall–Kier alpha value is -3.78. The van der Waals surface area contributed by atoms with E-state index in [0.717, 1.165) is 22.3 Å². The van der Waals surface area contributed by atoms with Crippen molar-refractivity contribution in [2.45, 2.75) is 33.7 Å². The van der Waals surface area contributed by atoms with Gasteiger partial charge in [-0.05, 0) is 44.0 Å². The zero-order valence-corrected chi connectivity index (χ0v) is 20.2. The number of thiophene rings is 1. The van der Waals surface area contributed by atoms with Crippen LogP contribution in [0.25, 0.3) is 21.3 Å². The third-order valence-electron chi connectivity index (χ3n) is 5.61. The molecule has 7 nitrogen and oxygen atoms in total. The minimum Gasteiger partial charge on any atom is -0.352 e. The van der Waals surface area contributed by atoms with Crippen LogP contribution < -0.4 is 16.2 Å². The van der Waals surface area contributed by atoms with Gasteiger partial charge in [-0.2, -0.15) is 0 Å². The van der Waals surface area contributed by atoms with Gasteiger partial charge in [-0.3, -0.25) is 19.0 Å². The predicted octanol–water partition coefficient (Wildman–Crippen LogP) is 4.52. The summed E-state index contributed by atoms with van der Waals surface area (Å²) in [6.45, 7) is 6.46. The molecule has 0 unspecified atom stereocenters. The normalized spacial score (nSPS) is 10.9. The lowest BCUT2D eigenvalue weighted by Gasteiger charge is -2.11. The van der Waals surface area contributed by atoms with Crippen molar-refractivity contribution in [1.29, 1.82) is 0 Å². The molecule has 0 spiro atoms. The van der Waals surface area contributed by atoms with Crippen molar-refractivity contribution in [2.24, 2.45) is 0 Å². The molecule has 2 N–H and O–H groups in total. The highest BCUT2D eigenvalue weighted by molar-refractivity contribution is 7.17. The number of aryl methyl sites for hydroxylation is 3. The van der Waals surface area contributed by atoms with E-state index in [9.17, 15) is 14.4 Å². The Morgan fingerprint density at radius 2 is 1.85 bits per heavy atom. The SMILES string of the molecule is CCNC(=O)c1ccc(C)c(NC(=O)CCn2cnc3scc(-c4ccc(C)cc4)c3c2=O)c1. The van der Waals surface area contributed by atoms with Crippen LogP contribution in [0, 0.1) is 13.8 Å². The molecule has 0 aliphatic carbocycles. The van der Waals surface area contributed by atoms with Gasteiger partial charge in [0.25, 0.3) is 11.5 Å². The first-order valence-corrected chi connectivity index (χ1v) is 12.0. The fourth-order valence-electron chi connectivity index (χ4n) is 3.67. The molecule has 4 aromatic rings. The van der Waals surface area contributed by atoms with E-state index in [0.29, 0.717) is 28.0 Å². The van der Waals surface area contributed by atoms with Crippen LogP contribution in [0.15, 0.2) is 59.0 Å². The Labute approximate surface area is 201 Å². The molecule has 8 heteroatoms. The molecular weight excluding hydrogens is 448 g/mol.